The first-order valence-electron chi connectivity index (χ1n) is 6.86. The zero-order chi connectivity index (χ0) is 16.9. The van der Waals surface area contributed by atoms with Gasteiger partial charge in [-0.3, -0.25) is 0 Å². The number of hydrogen-bond acceptors (Lipinski definition) is 3. The maximum absolute atomic E-state index is 13.1. The van der Waals surface area contributed by atoms with Gasteiger partial charge in [-0.25, -0.2) is 0 Å². The van der Waals surface area contributed by atoms with Gasteiger partial charge in [-0.15, -0.1) is 0 Å². The number of halogens is 3. The molecule has 0 atom stereocenters. The van der Waals surface area contributed by atoms with Crippen molar-refractivity contribution in [3.05, 3.63) is 28.8 Å². The van der Waals surface area contributed by atoms with Crippen molar-refractivity contribution in [1.29, 1.82) is 5.26 Å². The molecule has 1 fully saturated rings. The molecule has 1 heterocycles. The van der Waals surface area contributed by atoms with E-state index in [4.69, 9.17) is 14.6 Å². The topological polar surface area (TPSA) is 42.2 Å². The second-order valence-corrected chi connectivity index (χ2v) is 6.44. The molecule has 7 heteroatoms. The molecular weight excluding hydrogens is 294 g/mol. The van der Waals surface area contributed by atoms with Crippen LogP contribution in [0, 0.1) is 18.3 Å². The van der Waals surface area contributed by atoms with Gasteiger partial charge in [0.2, 0.25) is 0 Å². The van der Waals surface area contributed by atoms with Crippen molar-refractivity contribution in [2.75, 3.05) is 0 Å². The Hall–Kier alpha value is -1.52. The lowest BCUT2D eigenvalue weighted by Crippen LogP contribution is -2.41. The van der Waals surface area contributed by atoms with Crippen molar-refractivity contribution >= 4 is 12.6 Å². The molecule has 0 amide bonds. The summed E-state index contributed by atoms with van der Waals surface area (Å²) >= 11 is 0. The molecule has 118 valence electrons. The summed E-state index contributed by atoms with van der Waals surface area (Å²) < 4.78 is 51.0. The number of rotatable bonds is 1. The van der Waals surface area contributed by atoms with Crippen LogP contribution in [0.3, 0.4) is 0 Å². The fourth-order valence-electron chi connectivity index (χ4n) is 2.31. The summed E-state index contributed by atoms with van der Waals surface area (Å²) in [5.74, 6) is 0. The van der Waals surface area contributed by atoms with Gasteiger partial charge in [0.25, 0.3) is 0 Å². The Bertz CT molecular complexity index is 631. The van der Waals surface area contributed by atoms with Crippen molar-refractivity contribution in [3.63, 3.8) is 0 Å². The Morgan fingerprint density at radius 3 is 2.00 bits per heavy atom. The number of hydrogen-bond donors (Lipinski definition) is 0. The van der Waals surface area contributed by atoms with E-state index in [-0.39, 0.29) is 16.6 Å². The number of nitriles is 1. The van der Waals surface area contributed by atoms with Crippen molar-refractivity contribution < 1.29 is 22.5 Å². The molecule has 1 aliphatic rings. The number of alkyl halides is 3. The second kappa shape index (κ2) is 5.00. The van der Waals surface area contributed by atoms with Gasteiger partial charge in [-0.1, -0.05) is 0 Å². The molecule has 3 nitrogen and oxygen atoms in total. The molecule has 1 aromatic rings. The van der Waals surface area contributed by atoms with E-state index < -0.39 is 30.1 Å². The highest BCUT2D eigenvalue weighted by Gasteiger charge is 2.52. The van der Waals surface area contributed by atoms with E-state index in [0.29, 0.717) is 0 Å². The van der Waals surface area contributed by atoms with E-state index in [0.717, 1.165) is 6.07 Å². The van der Waals surface area contributed by atoms with Gasteiger partial charge in [0.15, 0.2) is 0 Å². The fraction of sp³-hybridized carbons (Fsp3) is 0.533. The van der Waals surface area contributed by atoms with E-state index in [1.165, 1.54) is 13.0 Å². The molecule has 0 aromatic heterocycles. The predicted octanol–water partition coefficient (Wildman–Crippen LogP) is 3.18. The smallest absolute Gasteiger partial charge is 0.399 e. The van der Waals surface area contributed by atoms with Gasteiger partial charge in [0.05, 0.1) is 28.4 Å². The molecule has 0 spiro atoms. The molecule has 0 unspecified atom stereocenters. The van der Waals surface area contributed by atoms with E-state index in [1.807, 2.05) is 27.7 Å². The quantitative estimate of drug-likeness (QED) is 0.748. The summed E-state index contributed by atoms with van der Waals surface area (Å²) in [7, 11) is -0.931. The van der Waals surface area contributed by atoms with Gasteiger partial charge in [0, 0.05) is 0 Å². The van der Waals surface area contributed by atoms with E-state index in [1.54, 1.807) is 6.07 Å². The van der Waals surface area contributed by atoms with Crippen LogP contribution in [0.5, 0.6) is 0 Å². The van der Waals surface area contributed by atoms with Crippen LogP contribution >= 0.6 is 0 Å². The second-order valence-electron chi connectivity index (χ2n) is 6.44. The highest BCUT2D eigenvalue weighted by Crippen LogP contribution is 2.38. The van der Waals surface area contributed by atoms with Crippen molar-refractivity contribution in [2.24, 2.45) is 0 Å². The third-order valence-electron chi connectivity index (χ3n) is 4.39. The average Bonchev–Trinajstić information content (AvgIpc) is 2.57. The SMILES string of the molecule is Cc1c(B2OC(C)(C)C(C)(C)O2)cc(C#N)cc1C(F)(F)F. The summed E-state index contributed by atoms with van der Waals surface area (Å²) in [6, 6.07) is 4.01. The molecule has 22 heavy (non-hydrogen) atoms. The summed E-state index contributed by atoms with van der Waals surface area (Å²) in [5, 5.41) is 8.99. The first kappa shape index (κ1) is 16.8. The summed E-state index contributed by atoms with van der Waals surface area (Å²) in [6.07, 6.45) is -4.53. The zero-order valence-electron chi connectivity index (χ0n) is 13.1. The molecule has 0 radical (unpaired) electrons. The fourth-order valence-corrected chi connectivity index (χ4v) is 2.31. The van der Waals surface area contributed by atoms with Gasteiger partial charge >= 0.3 is 13.3 Å². The minimum atomic E-state index is -4.53. The molecular formula is C15H17BF3NO2. The lowest BCUT2D eigenvalue weighted by atomic mass is 9.74. The lowest BCUT2D eigenvalue weighted by molar-refractivity contribution is -0.138. The third-order valence-corrected chi connectivity index (χ3v) is 4.39. The summed E-state index contributed by atoms with van der Waals surface area (Å²) in [4.78, 5) is 0. The first-order valence-corrected chi connectivity index (χ1v) is 6.86. The van der Waals surface area contributed by atoms with Crippen molar-refractivity contribution in [2.45, 2.75) is 52.0 Å². The standard InChI is InChI=1S/C15H17BF3NO2/c1-9-11(15(17,18)19)6-10(8-20)7-12(9)16-21-13(2,3)14(4,5)22-16/h6-7H,1-5H3. The minimum Gasteiger partial charge on any atom is -0.399 e. The van der Waals surface area contributed by atoms with Gasteiger partial charge in [-0.2, -0.15) is 18.4 Å². The normalized spacial score (nSPS) is 20.0. The Morgan fingerprint density at radius 1 is 1.09 bits per heavy atom. The average molecular weight is 311 g/mol. The molecule has 0 aliphatic carbocycles. The highest BCUT2D eigenvalue weighted by molar-refractivity contribution is 6.62. The van der Waals surface area contributed by atoms with Crippen LogP contribution in [-0.4, -0.2) is 18.3 Å². The molecule has 1 saturated heterocycles. The Balaban J connectivity index is 2.56. The van der Waals surface area contributed by atoms with E-state index in [9.17, 15) is 13.2 Å². The van der Waals surface area contributed by atoms with E-state index in [2.05, 4.69) is 0 Å². The van der Waals surface area contributed by atoms with Crippen molar-refractivity contribution in [3.8, 4) is 6.07 Å². The molecule has 0 N–H and O–H groups in total. The zero-order valence-corrected chi connectivity index (χ0v) is 13.1. The van der Waals surface area contributed by atoms with Gasteiger partial charge in [-0.05, 0) is 57.8 Å². The maximum atomic E-state index is 13.1. The van der Waals surface area contributed by atoms with Crippen LogP contribution in [-0.2, 0) is 15.5 Å². The first-order chi connectivity index (χ1) is 9.89. The Morgan fingerprint density at radius 2 is 1.59 bits per heavy atom. The third kappa shape index (κ3) is 2.73. The van der Waals surface area contributed by atoms with Crippen LogP contribution < -0.4 is 5.46 Å². The Labute approximate surface area is 128 Å². The van der Waals surface area contributed by atoms with Crippen LogP contribution in [0.4, 0.5) is 13.2 Å². The Kier molecular flexibility index (Phi) is 3.83. The number of nitrogens with zero attached hydrogens (tertiary/aromatic N) is 1. The minimum absolute atomic E-state index is 0.0185. The predicted molar refractivity (Wildman–Crippen MR) is 76.6 cm³/mol. The molecule has 2 rings (SSSR count). The summed E-state index contributed by atoms with van der Waals surface area (Å²) in [5.41, 5.74) is -1.97. The van der Waals surface area contributed by atoms with Gasteiger partial charge in [0.1, 0.15) is 0 Å². The largest absolute Gasteiger partial charge is 0.495 e. The van der Waals surface area contributed by atoms with E-state index >= 15 is 0 Å². The molecule has 0 bridgehead atoms. The maximum Gasteiger partial charge on any atom is 0.495 e. The van der Waals surface area contributed by atoms with Gasteiger partial charge < -0.3 is 9.31 Å². The van der Waals surface area contributed by atoms with Crippen molar-refractivity contribution in [1.82, 2.24) is 0 Å². The van der Waals surface area contributed by atoms with Crippen LogP contribution in [0.25, 0.3) is 0 Å². The molecule has 0 saturated carbocycles. The summed E-state index contributed by atoms with van der Waals surface area (Å²) in [6.45, 7) is 8.65. The lowest BCUT2D eigenvalue weighted by Gasteiger charge is -2.32. The van der Waals surface area contributed by atoms with Crippen LogP contribution in [0.15, 0.2) is 12.1 Å². The highest BCUT2D eigenvalue weighted by atomic mass is 19.4. The monoisotopic (exact) mass is 311 g/mol. The molecule has 1 aromatic carbocycles. The molecule has 1 aliphatic heterocycles. The van der Waals surface area contributed by atoms with Crippen LogP contribution in [0.2, 0.25) is 0 Å². The number of benzene rings is 1. The van der Waals surface area contributed by atoms with Crippen LogP contribution in [0.1, 0.15) is 44.4 Å².